The van der Waals surface area contributed by atoms with Gasteiger partial charge in [-0.25, -0.2) is 0 Å². The largest absolute Gasteiger partial charge is 0.454 e. The van der Waals surface area contributed by atoms with E-state index in [1.165, 1.54) is 55.0 Å². The predicted octanol–water partition coefficient (Wildman–Crippen LogP) is 10.6. The SMILES string of the molecule is CC(C)(C)c1ccc2c(c1)c1cc(C(C)(C)C)cc3c1n2-c1c2c(cc4c1oc1ccccc14)-c1cccc4c1N(B23)c1ccccc1O4. The number of nitrogens with zero attached hydrogens (tertiary/aromatic N) is 2. The van der Waals surface area contributed by atoms with Gasteiger partial charge in [-0.2, -0.15) is 0 Å². The number of ether oxygens (including phenoxy) is 1. The molecule has 49 heavy (non-hydrogen) atoms. The first-order valence-corrected chi connectivity index (χ1v) is 17.4. The second kappa shape index (κ2) is 8.78. The summed E-state index contributed by atoms with van der Waals surface area (Å²) in [6.07, 6.45) is 0. The second-order valence-corrected chi connectivity index (χ2v) is 16.2. The molecule has 0 N–H and O–H groups in total. The van der Waals surface area contributed by atoms with Gasteiger partial charge in [0.15, 0.2) is 11.3 Å². The first kappa shape index (κ1) is 27.5. The highest BCUT2D eigenvalue weighted by Crippen LogP contribution is 2.55. The van der Waals surface area contributed by atoms with E-state index in [9.17, 15) is 0 Å². The zero-order valence-corrected chi connectivity index (χ0v) is 28.6. The van der Waals surface area contributed by atoms with E-state index in [1.54, 1.807) is 0 Å². The second-order valence-electron chi connectivity index (χ2n) is 16.2. The minimum absolute atomic E-state index is 0.0192. The lowest BCUT2D eigenvalue weighted by Gasteiger charge is -2.45. The fourth-order valence-corrected chi connectivity index (χ4v) is 8.84. The molecule has 5 heterocycles. The van der Waals surface area contributed by atoms with E-state index in [-0.39, 0.29) is 17.7 Å². The third-order valence-corrected chi connectivity index (χ3v) is 11.2. The lowest BCUT2D eigenvalue weighted by molar-refractivity contribution is 0.478. The quantitative estimate of drug-likeness (QED) is 0.156. The highest BCUT2D eigenvalue weighted by molar-refractivity contribution is 6.94. The van der Waals surface area contributed by atoms with Crippen molar-refractivity contribution < 1.29 is 9.15 Å². The molecule has 3 aliphatic rings. The Balaban J connectivity index is 1.41. The Morgan fingerprint density at radius 3 is 2.18 bits per heavy atom. The number of benzene rings is 6. The average molecular weight is 635 g/mol. The fourth-order valence-electron chi connectivity index (χ4n) is 8.84. The summed E-state index contributed by atoms with van der Waals surface area (Å²) in [6, 6.07) is 38.0. The van der Waals surface area contributed by atoms with Gasteiger partial charge in [0.05, 0.1) is 28.1 Å². The molecule has 0 saturated carbocycles. The first-order valence-electron chi connectivity index (χ1n) is 17.4. The molecule has 0 spiro atoms. The van der Waals surface area contributed by atoms with Crippen LogP contribution in [0, 0.1) is 0 Å². The molecule has 8 aromatic rings. The van der Waals surface area contributed by atoms with Crippen molar-refractivity contribution in [3.63, 3.8) is 0 Å². The number of anilines is 2. The van der Waals surface area contributed by atoms with E-state index in [1.807, 2.05) is 0 Å². The zero-order valence-electron chi connectivity index (χ0n) is 28.6. The Hall–Kier alpha value is -5.42. The van der Waals surface area contributed by atoms with Gasteiger partial charge < -0.3 is 18.5 Å². The van der Waals surface area contributed by atoms with Gasteiger partial charge >= 0.3 is 6.85 Å². The molecule has 236 valence electrons. The first-order chi connectivity index (χ1) is 23.6. The van der Waals surface area contributed by atoms with E-state index in [4.69, 9.17) is 9.15 Å². The van der Waals surface area contributed by atoms with Crippen molar-refractivity contribution in [2.45, 2.75) is 52.4 Å². The van der Waals surface area contributed by atoms with Gasteiger partial charge in [-0.15, -0.1) is 0 Å². The van der Waals surface area contributed by atoms with Crippen LogP contribution in [0.25, 0.3) is 60.6 Å². The van der Waals surface area contributed by atoms with Gasteiger partial charge in [-0.1, -0.05) is 96.1 Å². The van der Waals surface area contributed by atoms with Crippen molar-refractivity contribution in [2.24, 2.45) is 0 Å². The normalized spacial score (nSPS) is 14.4. The van der Waals surface area contributed by atoms with Crippen molar-refractivity contribution in [2.75, 3.05) is 4.81 Å². The summed E-state index contributed by atoms with van der Waals surface area (Å²) in [5.41, 5.74) is 15.4. The Morgan fingerprint density at radius 2 is 1.35 bits per heavy atom. The Morgan fingerprint density at radius 1 is 0.592 bits per heavy atom. The van der Waals surface area contributed by atoms with Crippen LogP contribution in [0.4, 0.5) is 11.4 Å². The van der Waals surface area contributed by atoms with Gasteiger partial charge in [0, 0.05) is 27.1 Å². The Kier molecular flexibility index (Phi) is 4.93. The zero-order chi connectivity index (χ0) is 33.1. The van der Waals surface area contributed by atoms with Crippen molar-refractivity contribution in [3.05, 3.63) is 114 Å². The number of aromatic nitrogens is 1. The molecule has 3 aliphatic heterocycles. The number of fused-ring (bicyclic) bond motifs is 13. The molecule has 5 heteroatoms. The van der Waals surface area contributed by atoms with E-state index >= 15 is 0 Å². The van der Waals surface area contributed by atoms with Crippen molar-refractivity contribution in [1.82, 2.24) is 4.57 Å². The van der Waals surface area contributed by atoms with E-state index in [0.717, 1.165) is 50.5 Å². The number of hydrogen-bond acceptors (Lipinski definition) is 3. The van der Waals surface area contributed by atoms with Crippen LogP contribution in [0.2, 0.25) is 0 Å². The molecule has 11 rings (SSSR count). The van der Waals surface area contributed by atoms with Crippen LogP contribution in [-0.2, 0) is 10.8 Å². The maximum atomic E-state index is 6.94. The predicted molar refractivity (Wildman–Crippen MR) is 205 cm³/mol. The molecule has 0 fully saturated rings. The van der Waals surface area contributed by atoms with E-state index in [0.29, 0.717) is 0 Å². The molecule has 0 amide bonds. The molecule has 0 radical (unpaired) electrons. The minimum Gasteiger partial charge on any atom is -0.454 e. The molecule has 0 aliphatic carbocycles. The van der Waals surface area contributed by atoms with Crippen LogP contribution in [-0.4, -0.2) is 11.4 Å². The van der Waals surface area contributed by atoms with Crippen LogP contribution in [0.15, 0.2) is 108 Å². The summed E-state index contributed by atoms with van der Waals surface area (Å²) in [5, 5.41) is 4.86. The monoisotopic (exact) mass is 634 g/mol. The standard InChI is InChI=1S/C44H35BN2O2/c1-43(2,3)24-18-19-33-28(20-24)30-21-25(44(4,5)6)22-32-39(30)46(33)41-38-29(23-31-26-12-7-9-15-35(26)49-42(31)41)27-13-11-17-37-40(27)47(45(32)38)34-14-8-10-16-36(34)48-37/h7-23H,1-6H3. The summed E-state index contributed by atoms with van der Waals surface area (Å²) in [5.74, 6) is 1.77. The number of rotatable bonds is 0. The van der Waals surface area contributed by atoms with Crippen LogP contribution in [0.5, 0.6) is 11.5 Å². The number of para-hydroxylation sites is 4. The Labute approximate surface area is 285 Å². The maximum Gasteiger partial charge on any atom is 0.333 e. The third-order valence-electron chi connectivity index (χ3n) is 11.2. The average Bonchev–Trinajstić information content (AvgIpc) is 3.62. The van der Waals surface area contributed by atoms with E-state index < -0.39 is 0 Å². The Bertz CT molecular complexity index is 2790. The van der Waals surface area contributed by atoms with E-state index in [2.05, 4.69) is 154 Å². The molecule has 0 saturated heterocycles. The van der Waals surface area contributed by atoms with Crippen molar-refractivity contribution >= 4 is 72.9 Å². The fraction of sp³-hybridized carbons (Fsp3) is 0.182. The third kappa shape index (κ3) is 3.40. The summed E-state index contributed by atoms with van der Waals surface area (Å²) >= 11 is 0. The molecule has 0 bridgehead atoms. The van der Waals surface area contributed by atoms with Crippen molar-refractivity contribution in [3.8, 4) is 28.3 Å². The van der Waals surface area contributed by atoms with Crippen LogP contribution in [0.3, 0.4) is 0 Å². The highest BCUT2D eigenvalue weighted by Gasteiger charge is 2.48. The number of furan rings is 1. The molecular formula is C44H35BN2O2. The molecule has 4 nitrogen and oxygen atoms in total. The van der Waals surface area contributed by atoms with Crippen LogP contribution in [0.1, 0.15) is 52.7 Å². The molecule has 6 aromatic carbocycles. The lowest BCUT2D eigenvalue weighted by Crippen LogP contribution is -2.61. The lowest BCUT2D eigenvalue weighted by atomic mass is 9.43. The van der Waals surface area contributed by atoms with Crippen LogP contribution >= 0.6 is 0 Å². The van der Waals surface area contributed by atoms with Gasteiger partial charge in [0.1, 0.15) is 11.3 Å². The maximum absolute atomic E-state index is 6.94. The molecular weight excluding hydrogens is 599 g/mol. The molecule has 0 atom stereocenters. The summed E-state index contributed by atoms with van der Waals surface area (Å²) in [6.45, 7) is 13.8. The van der Waals surface area contributed by atoms with Gasteiger partial charge in [0.25, 0.3) is 0 Å². The minimum atomic E-state index is -0.0926. The summed E-state index contributed by atoms with van der Waals surface area (Å²) < 4.78 is 16.2. The van der Waals surface area contributed by atoms with Gasteiger partial charge in [-0.3, -0.25) is 0 Å². The smallest absolute Gasteiger partial charge is 0.333 e. The summed E-state index contributed by atoms with van der Waals surface area (Å²) in [4.78, 5) is 2.56. The molecule has 2 aromatic heterocycles. The van der Waals surface area contributed by atoms with Crippen molar-refractivity contribution in [1.29, 1.82) is 0 Å². The van der Waals surface area contributed by atoms with Crippen LogP contribution < -0.4 is 20.5 Å². The molecule has 0 unspecified atom stereocenters. The van der Waals surface area contributed by atoms with Gasteiger partial charge in [-0.05, 0) is 87.0 Å². The number of hydrogen-bond donors (Lipinski definition) is 0. The van der Waals surface area contributed by atoms with Gasteiger partial charge in [0.2, 0.25) is 0 Å². The summed E-state index contributed by atoms with van der Waals surface area (Å²) in [7, 11) is 0. The topological polar surface area (TPSA) is 30.5 Å². The highest BCUT2D eigenvalue weighted by atomic mass is 16.5.